The summed E-state index contributed by atoms with van der Waals surface area (Å²) < 4.78 is 13.9. The quantitative estimate of drug-likeness (QED) is 0.833. The van der Waals surface area contributed by atoms with Crippen LogP contribution in [0.2, 0.25) is 0 Å². The van der Waals surface area contributed by atoms with Crippen molar-refractivity contribution in [3.8, 4) is 0 Å². The maximum absolute atomic E-state index is 13.1. The second-order valence-electron chi connectivity index (χ2n) is 4.14. The van der Waals surface area contributed by atoms with E-state index < -0.39 is 0 Å². The maximum Gasteiger partial charge on any atom is 0.124 e. The first-order chi connectivity index (χ1) is 7.74. The summed E-state index contributed by atoms with van der Waals surface area (Å²) in [6, 6.07) is 5.55. The Labute approximate surface area is 104 Å². The Hall–Kier alpha value is -0.670. The molecular formula is C13H15BrFN. The molecule has 0 saturated carbocycles. The van der Waals surface area contributed by atoms with Gasteiger partial charge in [-0.1, -0.05) is 28.1 Å². The molecule has 1 aliphatic rings. The van der Waals surface area contributed by atoms with Crippen LogP contribution >= 0.6 is 15.9 Å². The van der Waals surface area contributed by atoms with Crippen LogP contribution in [0.1, 0.15) is 24.8 Å². The number of halogens is 2. The summed E-state index contributed by atoms with van der Waals surface area (Å²) in [5.74, 6) is -0.185. The molecule has 3 heteroatoms. The Morgan fingerprint density at radius 1 is 1.31 bits per heavy atom. The second kappa shape index (κ2) is 5.60. The lowest BCUT2D eigenvalue weighted by Gasteiger charge is -2.19. The molecule has 0 amide bonds. The van der Waals surface area contributed by atoms with E-state index in [2.05, 4.69) is 33.4 Å². The van der Waals surface area contributed by atoms with E-state index in [9.17, 15) is 4.39 Å². The fourth-order valence-corrected chi connectivity index (χ4v) is 2.47. The molecule has 1 unspecified atom stereocenters. The van der Waals surface area contributed by atoms with Gasteiger partial charge in [-0.15, -0.1) is 0 Å². The molecule has 1 aliphatic carbocycles. The van der Waals surface area contributed by atoms with E-state index in [1.54, 1.807) is 6.07 Å². The highest BCUT2D eigenvalue weighted by atomic mass is 79.9. The topological polar surface area (TPSA) is 12.0 Å². The molecule has 16 heavy (non-hydrogen) atoms. The molecule has 0 saturated heterocycles. The van der Waals surface area contributed by atoms with E-state index in [-0.39, 0.29) is 5.82 Å². The highest BCUT2D eigenvalue weighted by molar-refractivity contribution is 9.10. The van der Waals surface area contributed by atoms with Gasteiger partial charge < -0.3 is 5.32 Å². The van der Waals surface area contributed by atoms with Crippen molar-refractivity contribution >= 4 is 15.9 Å². The summed E-state index contributed by atoms with van der Waals surface area (Å²) >= 11 is 3.30. The monoisotopic (exact) mass is 283 g/mol. The van der Waals surface area contributed by atoms with Crippen LogP contribution in [0, 0.1) is 5.82 Å². The summed E-state index contributed by atoms with van der Waals surface area (Å²) in [6.07, 6.45) is 7.83. The number of benzene rings is 1. The number of hydrogen-bond acceptors (Lipinski definition) is 1. The third-order valence-electron chi connectivity index (χ3n) is 2.79. The van der Waals surface area contributed by atoms with Crippen molar-refractivity contribution < 1.29 is 4.39 Å². The zero-order chi connectivity index (χ0) is 11.4. The van der Waals surface area contributed by atoms with Gasteiger partial charge in [0.1, 0.15) is 5.82 Å². The van der Waals surface area contributed by atoms with Gasteiger partial charge in [0.05, 0.1) is 0 Å². The van der Waals surface area contributed by atoms with Gasteiger partial charge in [0.25, 0.3) is 0 Å². The van der Waals surface area contributed by atoms with Crippen molar-refractivity contribution in [3.63, 3.8) is 0 Å². The lowest BCUT2D eigenvalue weighted by atomic mass is 10.0. The highest BCUT2D eigenvalue weighted by Crippen LogP contribution is 2.16. The summed E-state index contributed by atoms with van der Waals surface area (Å²) in [7, 11) is 0. The molecule has 1 aromatic carbocycles. The SMILES string of the molecule is Fc1cc(Br)cc(CNC2CC=CCC2)c1. The van der Waals surface area contributed by atoms with E-state index >= 15 is 0 Å². The Bertz CT molecular complexity index is 369. The Morgan fingerprint density at radius 3 is 2.88 bits per heavy atom. The lowest BCUT2D eigenvalue weighted by molar-refractivity contribution is 0.473. The predicted molar refractivity (Wildman–Crippen MR) is 67.7 cm³/mol. The van der Waals surface area contributed by atoms with Crippen molar-refractivity contribution in [1.29, 1.82) is 0 Å². The molecule has 1 N–H and O–H groups in total. The van der Waals surface area contributed by atoms with Gasteiger partial charge in [-0.25, -0.2) is 4.39 Å². The van der Waals surface area contributed by atoms with Crippen LogP contribution in [0.5, 0.6) is 0 Å². The first-order valence-electron chi connectivity index (χ1n) is 5.57. The van der Waals surface area contributed by atoms with Gasteiger partial charge in [-0.2, -0.15) is 0 Å². The first kappa shape index (κ1) is 11.8. The van der Waals surface area contributed by atoms with Gasteiger partial charge in [-0.05, 0) is 43.0 Å². The smallest absolute Gasteiger partial charge is 0.124 e. The molecular weight excluding hydrogens is 269 g/mol. The standard InChI is InChI=1S/C13H15BrFN/c14-11-6-10(7-12(15)8-11)9-16-13-4-2-1-3-5-13/h1-2,6-8,13,16H,3-5,9H2. The normalized spacial score (nSPS) is 20.0. The van der Waals surface area contributed by atoms with Crippen molar-refractivity contribution in [2.24, 2.45) is 0 Å². The van der Waals surface area contributed by atoms with E-state index in [0.29, 0.717) is 6.04 Å². The van der Waals surface area contributed by atoms with Crippen molar-refractivity contribution in [3.05, 3.63) is 46.2 Å². The van der Waals surface area contributed by atoms with E-state index in [4.69, 9.17) is 0 Å². The maximum atomic E-state index is 13.1. The van der Waals surface area contributed by atoms with Gasteiger partial charge in [0, 0.05) is 17.1 Å². The minimum atomic E-state index is -0.185. The molecule has 2 rings (SSSR count). The number of nitrogens with one attached hydrogen (secondary N) is 1. The zero-order valence-corrected chi connectivity index (χ0v) is 10.6. The number of hydrogen-bond donors (Lipinski definition) is 1. The highest BCUT2D eigenvalue weighted by Gasteiger charge is 2.09. The zero-order valence-electron chi connectivity index (χ0n) is 9.05. The minimum Gasteiger partial charge on any atom is -0.310 e. The molecule has 1 atom stereocenters. The summed E-state index contributed by atoms with van der Waals surface area (Å²) in [6.45, 7) is 0.731. The molecule has 0 bridgehead atoms. The van der Waals surface area contributed by atoms with Crippen LogP contribution in [0.25, 0.3) is 0 Å². The van der Waals surface area contributed by atoms with Crippen LogP contribution in [0.4, 0.5) is 4.39 Å². The van der Waals surface area contributed by atoms with Crippen molar-refractivity contribution in [2.45, 2.75) is 31.8 Å². The predicted octanol–water partition coefficient (Wildman–Crippen LogP) is 3.79. The van der Waals surface area contributed by atoms with Gasteiger partial charge in [0.2, 0.25) is 0 Å². The number of allylic oxidation sites excluding steroid dienone is 1. The largest absolute Gasteiger partial charge is 0.310 e. The van der Waals surface area contributed by atoms with E-state index in [1.807, 2.05) is 6.07 Å². The summed E-state index contributed by atoms with van der Waals surface area (Å²) in [5.41, 5.74) is 0.987. The molecule has 1 nitrogen and oxygen atoms in total. The van der Waals surface area contributed by atoms with Gasteiger partial charge >= 0.3 is 0 Å². The fourth-order valence-electron chi connectivity index (χ4n) is 1.95. The molecule has 0 radical (unpaired) electrons. The third-order valence-corrected chi connectivity index (χ3v) is 3.24. The molecule has 0 heterocycles. The lowest BCUT2D eigenvalue weighted by Crippen LogP contribution is -2.29. The van der Waals surface area contributed by atoms with Crippen LogP contribution in [0.15, 0.2) is 34.8 Å². The summed E-state index contributed by atoms with van der Waals surface area (Å²) in [4.78, 5) is 0. The van der Waals surface area contributed by atoms with E-state index in [0.717, 1.165) is 29.4 Å². The Balaban J connectivity index is 1.91. The van der Waals surface area contributed by atoms with Gasteiger partial charge in [-0.3, -0.25) is 0 Å². The van der Waals surface area contributed by atoms with Crippen LogP contribution < -0.4 is 5.32 Å². The fraction of sp³-hybridized carbons (Fsp3) is 0.385. The summed E-state index contributed by atoms with van der Waals surface area (Å²) in [5, 5.41) is 3.45. The average Bonchev–Trinajstić information content (AvgIpc) is 2.27. The molecule has 86 valence electrons. The third kappa shape index (κ3) is 3.42. The van der Waals surface area contributed by atoms with Crippen LogP contribution in [0.3, 0.4) is 0 Å². The minimum absolute atomic E-state index is 0.185. The Kier molecular flexibility index (Phi) is 4.13. The molecule has 0 aromatic heterocycles. The molecule has 1 aromatic rings. The van der Waals surface area contributed by atoms with E-state index in [1.165, 1.54) is 12.5 Å². The number of rotatable bonds is 3. The van der Waals surface area contributed by atoms with Crippen molar-refractivity contribution in [2.75, 3.05) is 0 Å². The van der Waals surface area contributed by atoms with Gasteiger partial charge in [0.15, 0.2) is 0 Å². The second-order valence-corrected chi connectivity index (χ2v) is 5.06. The molecule has 0 aliphatic heterocycles. The molecule has 0 spiro atoms. The average molecular weight is 284 g/mol. The first-order valence-corrected chi connectivity index (χ1v) is 6.37. The Morgan fingerprint density at radius 2 is 2.19 bits per heavy atom. The van der Waals surface area contributed by atoms with Crippen molar-refractivity contribution in [1.82, 2.24) is 5.32 Å². The van der Waals surface area contributed by atoms with Crippen LogP contribution in [-0.2, 0) is 6.54 Å². The van der Waals surface area contributed by atoms with Crippen LogP contribution in [-0.4, -0.2) is 6.04 Å². The molecule has 0 fully saturated rings.